The second-order valence-corrected chi connectivity index (χ2v) is 5.71. The molecular weight excluding hydrogens is 240 g/mol. The predicted molar refractivity (Wildman–Crippen MR) is 82.6 cm³/mol. The third kappa shape index (κ3) is 4.93. The summed E-state index contributed by atoms with van der Waals surface area (Å²) in [4.78, 5) is 0. The van der Waals surface area contributed by atoms with E-state index in [1.807, 2.05) is 25.1 Å². The fraction of sp³-hybridized carbons (Fsp3) is 0.625. The monoisotopic (exact) mass is 266 g/mol. The molecule has 1 N–H and O–H groups in total. The van der Waals surface area contributed by atoms with Crippen molar-refractivity contribution in [3.8, 4) is 5.75 Å². The summed E-state index contributed by atoms with van der Waals surface area (Å²) in [7, 11) is 0. The van der Waals surface area contributed by atoms with E-state index in [0.29, 0.717) is 5.75 Å². The number of unbranched alkanes of at least 4 members (excludes halogenated alkanes) is 5. The lowest BCUT2D eigenvalue weighted by molar-refractivity contribution is 0.461. The van der Waals surface area contributed by atoms with Crippen molar-refractivity contribution in [2.45, 2.75) is 64.0 Å². The van der Waals surface area contributed by atoms with E-state index >= 15 is 0 Å². The van der Waals surface area contributed by atoms with Crippen molar-refractivity contribution in [3.05, 3.63) is 29.3 Å². The minimum absolute atomic E-state index is 0.163. The number of hydrogen-bond donors (Lipinski definition) is 2. The van der Waals surface area contributed by atoms with Crippen LogP contribution in [0.2, 0.25) is 0 Å². The third-order valence-electron chi connectivity index (χ3n) is 3.46. The van der Waals surface area contributed by atoms with Crippen LogP contribution in [0.5, 0.6) is 5.75 Å². The van der Waals surface area contributed by atoms with Crippen LogP contribution in [0.4, 0.5) is 0 Å². The van der Waals surface area contributed by atoms with Gasteiger partial charge in [-0.15, -0.1) is 0 Å². The SMILES string of the molecule is CCCCCCCCC(S)c1cccc(C)c1O. The molecule has 0 saturated carbocycles. The number of para-hydroxylation sites is 1. The first-order valence-corrected chi connectivity index (χ1v) is 7.65. The first-order valence-electron chi connectivity index (χ1n) is 7.13. The summed E-state index contributed by atoms with van der Waals surface area (Å²) in [5, 5.41) is 10.2. The molecule has 0 aliphatic carbocycles. The summed E-state index contributed by atoms with van der Waals surface area (Å²) in [6, 6.07) is 5.91. The molecule has 18 heavy (non-hydrogen) atoms. The quantitative estimate of drug-likeness (QED) is 0.475. The average molecular weight is 266 g/mol. The van der Waals surface area contributed by atoms with Crippen LogP contribution in [0.25, 0.3) is 0 Å². The molecule has 0 radical (unpaired) electrons. The Kier molecular flexibility index (Phi) is 7.26. The Morgan fingerprint density at radius 3 is 2.50 bits per heavy atom. The van der Waals surface area contributed by atoms with Gasteiger partial charge in [-0.2, -0.15) is 12.6 Å². The molecule has 0 amide bonds. The number of rotatable bonds is 8. The minimum Gasteiger partial charge on any atom is -0.507 e. The molecule has 1 unspecified atom stereocenters. The van der Waals surface area contributed by atoms with E-state index in [1.165, 1.54) is 38.5 Å². The van der Waals surface area contributed by atoms with E-state index in [0.717, 1.165) is 17.5 Å². The van der Waals surface area contributed by atoms with E-state index in [4.69, 9.17) is 0 Å². The number of aromatic hydroxyl groups is 1. The van der Waals surface area contributed by atoms with Crippen molar-refractivity contribution in [3.63, 3.8) is 0 Å². The number of benzene rings is 1. The lowest BCUT2D eigenvalue weighted by Gasteiger charge is -2.14. The zero-order valence-electron chi connectivity index (χ0n) is 11.7. The molecule has 1 atom stereocenters. The summed E-state index contributed by atoms with van der Waals surface area (Å²) in [6.45, 7) is 4.17. The Morgan fingerprint density at radius 1 is 1.11 bits per heavy atom. The molecule has 0 heterocycles. The van der Waals surface area contributed by atoms with Gasteiger partial charge in [0.1, 0.15) is 5.75 Å². The minimum atomic E-state index is 0.163. The molecule has 1 aromatic rings. The molecule has 0 spiro atoms. The molecular formula is C16H26OS. The molecule has 0 aliphatic rings. The van der Waals surface area contributed by atoms with E-state index in [1.54, 1.807) is 0 Å². The van der Waals surface area contributed by atoms with Crippen LogP contribution < -0.4 is 0 Å². The fourth-order valence-electron chi connectivity index (χ4n) is 2.22. The Labute approximate surface area is 117 Å². The third-order valence-corrected chi connectivity index (χ3v) is 4.00. The number of aryl methyl sites for hydroxylation is 1. The Morgan fingerprint density at radius 2 is 1.78 bits per heavy atom. The van der Waals surface area contributed by atoms with Crippen LogP contribution in [0, 0.1) is 6.92 Å². The maximum atomic E-state index is 9.99. The van der Waals surface area contributed by atoms with E-state index < -0.39 is 0 Å². The molecule has 1 nitrogen and oxygen atoms in total. The highest BCUT2D eigenvalue weighted by atomic mass is 32.1. The van der Waals surface area contributed by atoms with Gasteiger partial charge < -0.3 is 5.11 Å². The molecule has 0 bridgehead atoms. The highest BCUT2D eigenvalue weighted by Gasteiger charge is 2.11. The number of phenols is 1. The maximum Gasteiger partial charge on any atom is 0.122 e. The van der Waals surface area contributed by atoms with Gasteiger partial charge in [-0.05, 0) is 18.9 Å². The van der Waals surface area contributed by atoms with Crippen molar-refractivity contribution in [1.82, 2.24) is 0 Å². The first-order chi connectivity index (χ1) is 8.66. The summed E-state index contributed by atoms with van der Waals surface area (Å²) >= 11 is 4.62. The fourth-order valence-corrected chi connectivity index (χ4v) is 2.61. The van der Waals surface area contributed by atoms with Gasteiger partial charge in [0, 0.05) is 10.8 Å². The zero-order valence-corrected chi connectivity index (χ0v) is 12.5. The maximum absolute atomic E-state index is 9.99. The Balaban J connectivity index is 2.32. The van der Waals surface area contributed by atoms with Gasteiger partial charge in [0.05, 0.1) is 0 Å². The summed E-state index contributed by atoms with van der Waals surface area (Å²) in [6.07, 6.45) is 8.86. The zero-order chi connectivity index (χ0) is 13.4. The second kappa shape index (κ2) is 8.47. The standard InChI is InChI=1S/C16H26OS/c1-3-4-5-6-7-8-12-15(18)14-11-9-10-13(2)16(14)17/h9-11,15,17-18H,3-8,12H2,1-2H3. The smallest absolute Gasteiger partial charge is 0.122 e. The van der Waals surface area contributed by atoms with Crippen LogP contribution in [-0.4, -0.2) is 5.11 Å². The van der Waals surface area contributed by atoms with Crippen LogP contribution in [0.3, 0.4) is 0 Å². The largest absolute Gasteiger partial charge is 0.507 e. The number of hydrogen-bond acceptors (Lipinski definition) is 2. The van der Waals surface area contributed by atoms with Crippen LogP contribution in [0.1, 0.15) is 68.2 Å². The van der Waals surface area contributed by atoms with Gasteiger partial charge >= 0.3 is 0 Å². The van der Waals surface area contributed by atoms with Crippen molar-refractivity contribution in [2.24, 2.45) is 0 Å². The highest BCUT2D eigenvalue weighted by molar-refractivity contribution is 7.80. The van der Waals surface area contributed by atoms with Gasteiger partial charge in [0.25, 0.3) is 0 Å². The summed E-state index contributed by atoms with van der Waals surface area (Å²) < 4.78 is 0. The topological polar surface area (TPSA) is 20.2 Å². The average Bonchev–Trinajstić information content (AvgIpc) is 2.36. The van der Waals surface area contributed by atoms with Crippen molar-refractivity contribution in [2.75, 3.05) is 0 Å². The Bertz CT molecular complexity index is 349. The molecule has 2 heteroatoms. The van der Waals surface area contributed by atoms with Gasteiger partial charge in [-0.1, -0.05) is 63.6 Å². The molecule has 0 aromatic heterocycles. The molecule has 0 aliphatic heterocycles. The molecule has 102 valence electrons. The highest BCUT2D eigenvalue weighted by Crippen LogP contribution is 2.34. The van der Waals surface area contributed by atoms with Crippen molar-refractivity contribution >= 4 is 12.6 Å². The molecule has 0 saturated heterocycles. The first kappa shape index (κ1) is 15.4. The van der Waals surface area contributed by atoms with Gasteiger partial charge in [-0.25, -0.2) is 0 Å². The van der Waals surface area contributed by atoms with Crippen LogP contribution in [0.15, 0.2) is 18.2 Å². The summed E-state index contributed by atoms with van der Waals surface area (Å²) in [5.41, 5.74) is 1.92. The van der Waals surface area contributed by atoms with E-state index in [-0.39, 0.29) is 5.25 Å². The number of phenolic OH excluding ortho intramolecular Hbond substituents is 1. The second-order valence-electron chi connectivity index (χ2n) is 5.08. The van der Waals surface area contributed by atoms with Crippen molar-refractivity contribution < 1.29 is 5.11 Å². The van der Waals surface area contributed by atoms with Crippen LogP contribution >= 0.6 is 12.6 Å². The normalized spacial score (nSPS) is 12.6. The Hall–Kier alpha value is -0.630. The van der Waals surface area contributed by atoms with E-state index in [9.17, 15) is 5.11 Å². The predicted octanol–water partition coefficient (Wildman–Crippen LogP) is 5.42. The molecule has 1 rings (SSSR count). The van der Waals surface area contributed by atoms with Gasteiger partial charge in [0.15, 0.2) is 0 Å². The lowest BCUT2D eigenvalue weighted by atomic mass is 10.0. The molecule has 0 fully saturated rings. The van der Waals surface area contributed by atoms with Gasteiger partial charge in [-0.3, -0.25) is 0 Å². The number of thiol groups is 1. The summed E-state index contributed by atoms with van der Waals surface area (Å²) in [5.74, 6) is 0.420. The molecule has 1 aromatic carbocycles. The van der Waals surface area contributed by atoms with Gasteiger partial charge in [0.2, 0.25) is 0 Å². The van der Waals surface area contributed by atoms with Crippen LogP contribution in [-0.2, 0) is 0 Å². The van der Waals surface area contributed by atoms with E-state index in [2.05, 4.69) is 19.6 Å². The lowest BCUT2D eigenvalue weighted by Crippen LogP contribution is -1.93. The van der Waals surface area contributed by atoms with Crippen molar-refractivity contribution in [1.29, 1.82) is 0 Å².